The lowest BCUT2D eigenvalue weighted by Gasteiger charge is -2.28. The third-order valence-corrected chi connectivity index (χ3v) is 2.70. The van der Waals surface area contributed by atoms with Gasteiger partial charge in [-0.25, -0.2) is 4.98 Å². The predicted octanol–water partition coefficient (Wildman–Crippen LogP) is 1.42. The van der Waals surface area contributed by atoms with Crippen LogP contribution in [-0.4, -0.2) is 22.1 Å². The molecule has 0 radical (unpaired) electrons. The molecule has 5 heteroatoms. The number of nitrogens with two attached hydrogens (primary N) is 1. The molecule has 5 nitrogen and oxygen atoms in total. The van der Waals surface area contributed by atoms with Gasteiger partial charge >= 0.3 is 0 Å². The number of hydrogen-bond donors (Lipinski definition) is 1. The molecule has 0 atom stereocenters. The van der Waals surface area contributed by atoms with E-state index in [-0.39, 0.29) is 5.95 Å². The van der Waals surface area contributed by atoms with Crippen molar-refractivity contribution in [1.29, 1.82) is 0 Å². The summed E-state index contributed by atoms with van der Waals surface area (Å²) in [6, 6.07) is 0. The van der Waals surface area contributed by atoms with Gasteiger partial charge in [0.1, 0.15) is 11.4 Å². The van der Waals surface area contributed by atoms with Crippen LogP contribution in [-0.2, 0) is 10.3 Å². The summed E-state index contributed by atoms with van der Waals surface area (Å²) >= 11 is 0. The number of nitrogens with zero attached hydrogens (tertiary/aromatic N) is 3. The van der Waals surface area contributed by atoms with Crippen LogP contribution in [0, 0.1) is 6.92 Å². The molecular formula is C10H18N4O. The van der Waals surface area contributed by atoms with Crippen molar-refractivity contribution in [1.82, 2.24) is 15.0 Å². The number of methoxy groups -OCH3 is 1. The molecule has 1 rings (SSSR count). The van der Waals surface area contributed by atoms with Crippen molar-refractivity contribution in [2.24, 2.45) is 0 Å². The van der Waals surface area contributed by atoms with Crippen LogP contribution in [0.2, 0.25) is 0 Å². The summed E-state index contributed by atoms with van der Waals surface area (Å²) in [7, 11) is 1.67. The number of nitrogen functional groups attached to an aromatic ring is 1. The molecule has 84 valence electrons. The molecule has 0 aromatic carbocycles. The second kappa shape index (κ2) is 4.53. The van der Waals surface area contributed by atoms with Crippen LogP contribution >= 0.6 is 0 Å². The molecule has 1 heterocycles. The molecule has 0 amide bonds. The average molecular weight is 210 g/mol. The maximum Gasteiger partial charge on any atom is 0.223 e. The Bertz CT molecular complexity index is 308. The van der Waals surface area contributed by atoms with Crippen molar-refractivity contribution in [2.45, 2.75) is 39.2 Å². The molecule has 2 N–H and O–H groups in total. The molecule has 15 heavy (non-hydrogen) atoms. The molecular weight excluding hydrogens is 192 g/mol. The van der Waals surface area contributed by atoms with Crippen LogP contribution in [0.1, 0.15) is 38.3 Å². The van der Waals surface area contributed by atoms with Crippen LogP contribution in [0.15, 0.2) is 0 Å². The minimum Gasteiger partial charge on any atom is -0.370 e. The molecule has 0 spiro atoms. The van der Waals surface area contributed by atoms with Gasteiger partial charge in [0.05, 0.1) is 0 Å². The van der Waals surface area contributed by atoms with Gasteiger partial charge < -0.3 is 10.5 Å². The average Bonchev–Trinajstić information content (AvgIpc) is 2.20. The van der Waals surface area contributed by atoms with Crippen molar-refractivity contribution in [3.8, 4) is 0 Å². The molecule has 0 fully saturated rings. The molecule has 0 bridgehead atoms. The van der Waals surface area contributed by atoms with Crippen molar-refractivity contribution in [2.75, 3.05) is 12.8 Å². The predicted molar refractivity (Wildman–Crippen MR) is 58.2 cm³/mol. The maximum absolute atomic E-state index is 5.60. The third-order valence-electron chi connectivity index (χ3n) is 2.70. The van der Waals surface area contributed by atoms with Gasteiger partial charge in [-0.2, -0.15) is 9.97 Å². The van der Waals surface area contributed by atoms with Gasteiger partial charge in [-0.1, -0.05) is 13.8 Å². The Kier molecular flexibility index (Phi) is 3.57. The Morgan fingerprint density at radius 3 is 2.20 bits per heavy atom. The Balaban J connectivity index is 3.22. The quantitative estimate of drug-likeness (QED) is 0.813. The van der Waals surface area contributed by atoms with Gasteiger partial charge in [0.25, 0.3) is 0 Å². The number of hydrogen-bond acceptors (Lipinski definition) is 5. The Morgan fingerprint density at radius 2 is 1.80 bits per heavy atom. The van der Waals surface area contributed by atoms with E-state index in [1.807, 2.05) is 13.8 Å². The van der Waals surface area contributed by atoms with Crippen LogP contribution in [0.5, 0.6) is 0 Å². The highest BCUT2D eigenvalue weighted by Crippen LogP contribution is 2.29. The zero-order chi connectivity index (χ0) is 11.5. The van der Waals surface area contributed by atoms with E-state index in [4.69, 9.17) is 10.5 Å². The fourth-order valence-electron chi connectivity index (χ4n) is 1.65. The largest absolute Gasteiger partial charge is 0.370 e. The highest BCUT2D eigenvalue weighted by atomic mass is 16.5. The molecule has 1 aromatic heterocycles. The lowest BCUT2D eigenvalue weighted by atomic mass is 9.96. The van der Waals surface area contributed by atoms with E-state index in [2.05, 4.69) is 15.0 Å². The first-order chi connectivity index (χ1) is 7.07. The smallest absolute Gasteiger partial charge is 0.223 e. The Hall–Kier alpha value is -1.23. The minimum atomic E-state index is -0.443. The van der Waals surface area contributed by atoms with Crippen molar-refractivity contribution in [3.05, 3.63) is 11.6 Å². The number of anilines is 1. The van der Waals surface area contributed by atoms with Gasteiger partial charge in [0, 0.05) is 7.11 Å². The molecule has 0 aliphatic heterocycles. The fourth-order valence-corrected chi connectivity index (χ4v) is 1.65. The first-order valence-corrected chi connectivity index (χ1v) is 5.11. The SMILES string of the molecule is CCC(CC)(OC)c1nc(C)nc(N)n1. The van der Waals surface area contributed by atoms with Crippen LogP contribution in [0.3, 0.4) is 0 Å². The molecule has 0 saturated heterocycles. The summed E-state index contributed by atoms with van der Waals surface area (Å²) in [5.41, 5.74) is 5.16. The third kappa shape index (κ3) is 2.23. The topological polar surface area (TPSA) is 73.9 Å². The van der Waals surface area contributed by atoms with E-state index in [1.54, 1.807) is 14.0 Å². The normalized spacial score (nSPS) is 11.7. The number of aromatic nitrogens is 3. The highest BCUT2D eigenvalue weighted by Gasteiger charge is 2.31. The van der Waals surface area contributed by atoms with Crippen LogP contribution in [0.25, 0.3) is 0 Å². The summed E-state index contributed by atoms with van der Waals surface area (Å²) in [6.07, 6.45) is 1.62. The summed E-state index contributed by atoms with van der Waals surface area (Å²) in [6.45, 7) is 5.89. The zero-order valence-electron chi connectivity index (χ0n) is 9.74. The zero-order valence-corrected chi connectivity index (χ0v) is 9.74. The maximum atomic E-state index is 5.60. The van der Waals surface area contributed by atoms with Crippen LogP contribution in [0.4, 0.5) is 5.95 Å². The van der Waals surface area contributed by atoms with Crippen LogP contribution < -0.4 is 5.73 Å². The second-order valence-electron chi connectivity index (χ2n) is 3.47. The van der Waals surface area contributed by atoms with Gasteiger partial charge in [-0.15, -0.1) is 0 Å². The molecule has 0 aliphatic carbocycles. The number of ether oxygens (including phenoxy) is 1. The van der Waals surface area contributed by atoms with E-state index in [0.717, 1.165) is 12.8 Å². The van der Waals surface area contributed by atoms with Gasteiger partial charge in [-0.3, -0.25) is 0 Å². The van der Waals surface area contributed by atoms with Crippen molar-refractivity contribution in [3.63, 3.8) is 0 Å². The van der Waals surface area contributed by atoms with E-state index < -0.39 is 5.60 Å². The first-order valence-electron chi connectivity index (χ1n) is 5.11. The summed E-state index contributed by atoms with van der Waals surface area (Å²) in [4.78, 5) is 12.4. The van der Waals surface area contributed by atoms with Crippen molar-refractivity contribution >= 4 is 5.95 Å². The van der Waals surface area contributed by atoms with E-state index >= 15 is 0 Å². The summed E-state index contributed by atoms with van der Waals surface area (Å²) in [5.74, 6) is 1.50. The van der Waals surface area contributed by atoms with E-state index in [9.17, 15) is 0 Å². The Labute approximate surface area is 90.1 Å². The lowest BCUT2D eigenvalue weighted by molar-refractivity contribution is -0.0293. The lowest BCUT2D eigenvalue weighted by Crippen LogP contribution is -2.30. The molecule has 1 aromatic rings. The number of aryl methyl sites for hydroxylation is 1. The number of rotatable bonds is 4. The monoisotopic (exact) mass is 210 g/mol. The van der Waals surface area contributed by atoms with Crippen molar-refractivity contribution < 1.29 is 4.74 Å². The minimum absolute atomic E-state index is 0.251. The fraction of sp³-hybridized carbons (Fsp3) is 0.700. The first kappa shape index (κ1) is 11.8. The molecule has 0 unspecified atom stereocenters. The Morgan fingerprint density at radius 1 is 1.20 bits per heavy atom. The summed E-state index contributed by atoms with van der Waals surface area (Å²) < 4.78 is 5.52. The highest BCUT2D eigenvalue weighted by molar-refractivity contribution is 5.18. The van der Waals surface area contributed by atoms with E-state index in [1.165, 1.54) is 0 Å². The van der Waals surface area contributed by atoms with E-state index in [0.29, 0.717) is 11.6 Å². The molecule has 0 aliphatic rings. The van der Waals surface area contributed by atoms with Gasteiger partial charge in [0.15, 0.2) is 5.82 Å². The standard InChI is InChI=1S/C10H18N4O/c1-5-10(6-2,15-4)8-12-7(3)13-9(11)14-8/h5-6H2,1-4H3,(H2,11,12,13,14). The summed E-state index contributed by atoms with van der Waals surface area (Å²) in [5, 5.41) is 0. The second-order valence-corrected chi connectivity index (χ2v) is 3.47. The van der Waals surface area contributed by atoms with Gasteiger partial charge in [-0.05, 0) is 19.8 Å². The van der Waals surface area contributed by atoms with Gasteiger partial charge in [0.2, 0.25) is 5.95 Å². The molecule has 0 saturated carbocycles.